The number of hydrogen-bond acceptors (Lipinski definition) is 7. The molecule has 5 rings (SSSR count). The predicted octanol–water partition coefficient (Wildman–Crippen LogP) is 3.65. The zero-order valence-corrected chi connectivity index (χ0v) is 27.1. The molecule has 5 amide bonds. The molecule has 2 aliphatic rings. The molecule has 13 nitrogen and oxygen atoms in total. The van der Waals surface area contributed by atoms with Crippen LogP contribution in [0, 0.1) is 11.6 Å². The monoisotopic (exact) mass is 697 g/mol. The summed E-state index contributed by atoms with van der Waals surface area (Å²) in [4.78, 5) is 64.1. The minimum absolute atomic E-state index is 0.0648. The van der Waals surface area contributed by atoms with Crippen LogP contribution in [0.5, 0.6) is 0 Å². The second-order valence-electron chi connectivity index (χ2n) is 11.8. The standard InChI is InChI=1S/C33H33F2N5O8S/c1-39-15-14-28(41)40(33(39)46)23-10-6-19(7-11-23)16-27(32(44)45)37-31(43)29-25(34)17-22(18-26(29)35)38-49(47,48)24-12-8-20(9-13-24)30(42)36-21-4-2-3-5-21/h6-13,17-18,21,27,38H,2-5,14-16H2,1H3,(H,36,42)(H,37,43)(H,44,45)/t27-/m0/s1. The molecule has 1 saturated carbocycles. The maximum atomic E-state index is 15.0. The Kier molecular flexibility index (Phi) is 10.3. The van der Waals surface area contributed by atoms with Crippen LogP contribution in [0.1, 0.15) is 58.4 Å². The number of aliphatic carboxylic acids is 1. The number of carboxylic acids is 1. The van der Waals surface area contributed by atoms with E-state index in [1.54, 1.807) is 7.05 Å². The van der Waals surface area contributed by atoms with Gasteiger partial charge in [-0.05, 0) is 66.9 Å². The van der Waals surface area contributed by atoms with E-state index in [-0.39, 0.29) is 47.5 Å². The fourth-order valence-corrected chi connectivity index (χ4v) is 6.68. The molecule has 1 atom stereocenters. The number of nitrogens with zero attached hydrogens (tertiary/aromatic N) is 2. The van der Waals surface area contributed by atoms with Gasteiger partial charge in [0.15, 0.2) is 0 Å². The minimum atomic E-state index is -4.36. The third-order valence-electron chi connectivity index (χ3n) is 8.30. The maximum Gasteiger partial charge on any atom is 0.331 e. The van der Waals surface area contributed by atoms with Gasteiger partial charge in [0.05, 0.1) is 16.3 Å². The van der Waals surface area contributed by atoms with Crippen LogP contribution in [-0.2, 0) is 26.0 Å². The van der Waals surface area contributed by atoms with E-state index in [2.05, 4.69) is 10.6 Å². The Morgan fingerprint density at radius 2 is 1.55 bits per heavy atom. The summed E-state index contributed by atoms with van der Waals surface area (Å²) in [5, 5.41) is 14.7. The van der Waals surface area contributed by atoms with Crippen LogP contribution >= 0.6 is 0 Å². The van der Waals surface area contributed by atoms with Crippen molar-refractivity contribution < 1.29 is 46.3 Å². The van der Waals surface area contributed by atoms with Gasteiger partial charge in [-0.25, -0.2) is 31.7 Å². The number of carboxylic acid groups (broad SMARTS) is 1. The first-order valence-corrected chi connectivity index (χ1v) is 16.9. The molecule has 49 heavy (non-hydrogen) atoms. The summed E-state index contributed by atoms with van der Waals surface area (Å²) < 4.78 is 58.0. The Hall–Kier alpha value is -5.38. The lowest BCUT2D eigenvalue weighted by atomic mass is 10.0. The van der Waals surface area contributed by atoms with Crippen molar-refractivity contribution in [2.45, 2.75) is 55.5 Å². The van der Waals surface area contributed by atoms with Crippen LogP contribution in [0.4, 0.5) is 25.0 Å². The maximum absolute atomic E-state index is 15.0. The first-order valence-electron chi connectivity index (χ1n) is 15.4. The van der Waals surface area contributed by atoms with Crippen molar-refractivity contribution in [2.24, 2.45) is 0 Å². The molecule has 0 radical (unpaired) electrons. The molecule has 0 aromatic heterocycles. The number of rotatable bonds is 11. The normalized spacial score (nSPS) is 16.0. The molecule has 1 aliphatic heterocycles. The van der Waals surface area contributed by atoms with Gasteiger partial charge in [-0.2, -0.15) is 0 Å². The number of halogens is 2. The van der Waals surface area contributed by atoms with E-state index < -0.39 is 62.8 Å². The summed E-state index contributed by atoms with van der Waals surface area (Å²) >= 11 is 0. The highest BCUT2D eigenvalue weighted by molar-refractivity contribution is 7.92. The van der Waals surface area contributed by atoms with Gasteiger partial charge in [-0.1, -0.05) is 25.0 Å². The van der Waals surface area contributed by atoms with Gasteiger partial charge in [-0.15, -0.1) is 0 Å². The first kappa shape index (κ1) is 34.9. The van der Waals surface area contributed by atoms with Gasteiger partial charge in [0.2, 0.25) is 5.91 Å². The van der Waals surface area contributed by atoms with E-state index in [1.807, 2.05) is 4.72 Å². The molecule has 0 spiro atoms. The van der Waals surface area contributed by atoms with Crippen LogP contribution in [0.25, 0.3) is 0 Å². The third-order valence-corrected chi connectivity index (χ3v) is 9.70. The topological polar surface area (TPSA) is 182 Å². The van der Waals surface area contributed by atoms with E-state index in [0.717, 1.165) is 30.6 Å². The van der Waals surface area contributed by atoms with Gasteiger partial charge in [0, 0.05) is 38.0 Å². The number of carbonyl (C=O) groups excluding carboxylic acids is 4. The highest BCUT2D eigenvalue weighted by Crippen LogP contribution is 2.25. The van der Waals surface area contributed by atoms with Gasteiger partial charge >= 0.3 is 12.0 Å². The molecular weight excluding hydrogens is 664 g/mol. The molecule has 0 bridgehead atoms. The number of benzene rings is 3. The Labute approximate surface area is 280 Å². The van der Waals surface area contributed by atoms with Crippen molar-refractivity contribution in [2.75, 3.05) is 23.2 Å². The number of sulfonamides is 1. The van der Waals surface area contributed by atoms with Gasteiger partial charge in [-0.3, -0.25) is 19.1 Å². The van der Waals surface area contributed by atoms with Gasteiger partial charge in [0.25, 0.3) is 21.8 Å². The van der Waals surface area contributed by atoms with Crippen LogP contribution < -0.4 is 20.3 Å². The SMILES string of the molecule is CN1CCC(=O)N(c2ccc(C[C@H](NC(=O)c3c(F)cc(NS(=O)(=O)c4ccc(C(=O)NC5CCCC5)cc4)cc3F)C(=O)O)cc2)C1=O. The number of nitrogens with one attached hydrogen (secondary N) is 3. The van der Waals surface area contributed by atoms with Crippen LogP contribution in [0.2, 0.25) is 0 Å². The van der Waals surface area contributed by atoms with Crippen LogP contribution in [0.3, 0.4) is 0 Å². The van der Waals surface area contributed by atoms with Crippen molar-refractivity contribution in [3.05, 3.63) is 89.0 Å². The van der Waals surface area contributed by atoms with Crippen molar-refractivity contribution in [1.29, 1.82) is 0 Å². The fraction of sp³-hybridized carbons (Fsp3) is 0.303. The summed E-state index contributed by atoms with van der Waals surface area (Å²) in [6.07, 6.45) is 3.60. The average Bonchev–Trinajstić information content (AvgIpc) is 3.56. The summed E-state index contributed by atoms with van der Waals surface area (Å²) in [6, 6.07) is 9.82. The number of imide groups is 1. The largest absolute Gasteiger partial charge is 0.480 e. The molecule has 1 heterocycles. The molecule has 258 valence electrons. The third kappa shape index (κ3) is 8.02. The van der Waals surface area contributed by atoms with E-state index in [9.17, 15) is 37.5 Å². The number of amides is 5. The van der Waals surface area contributed by atoms with E-state index in [1.165, 1.54) is 53.4 Å². The fourth-order valence-electron chi connectivity index (χ4n) is 5.64. The van der Waals surface area contributed by atoms with Crippen molar-refractivity contribution in [1.82, 2.24) is 15.5 Å². The van der Waals surface area contributed by atoms with Gasteiger partial charge < -0.3 is 20.6 Å². The number of hydrogen-bond donors (Lipinski definition) is 4. The quantitative estimate of drug-likeness (QED) is 0.234. The Balaban J connectivity index is 1.24. The zero-order chi connectivity index (χ0) is 35.5. The Morgan fingerprint density at radius 1 is 0.939 bits per heavy atom. The molecular formula is C33H33F2N5O8S. The molecule has 1 aliphatic carbocycles. The Bertz CT molecular complexity index is 1880. The lowest BCUT2D eigenvalue weighted by molar-refractivity contribution is -0.139. The summed E-state index contributed by atoms with van der Waals surface area (Å²) in [6.45, 7) is 0.280. The number of urea groups is 1. The highest BCUT2D eigenvalue weighted by atomic mass is 32.2. The smallest absolute Gasteiger partial charge is 0.331 e. The summed E-state index contributed by atoms with van der Waals surface area (Å²) in [5.41, 5.74) is -0.793. The summed E-state index contributed by atoms with van der Waals surface area (Å²) in [7, 11) is -2.82. The number of carbonyl (C=O) groups is 5. The van der Waals surface area contributed by atoms with E-state index >= 15 is 8.78 Å². The first-order chi connectivity index (χ1) is 23.2. The second kappa shape index (κ2) is 14.4. The van der Waals surface area contributed by atoms with Gasteiger partial charge in [0.1, 0.15) is 23.2 Å². The van der Waals surface area contributed by atoms with Crippen molar-refractivity contribution in [3.8, 4) is 0 Å². The molecule has 2 fully saturated rings. The predicted molar refractivity (Wildman–Crippen MR) is 172 cm³/mol. The van der Waals surface area contributed by atoms with Crippen LogP contribution in [-0.4, -0.2) is 73.8 Å². The highest BCUT2D eigenvalue weighted by Gasteiger charge is 2.31. The van der Waals surface area contributed by atoms with E-state index in [4.69, 9.17) is 0 Å². The van der Waals surface area contributed by atoms with Crippen LogP contribution in [0.15, 0.2) is 65.6 Å². The molecule has 4 N–H and O–H groups in total. The molecule has 3 aromatic rings. The zero-order valence-electron chi connectivity index (χ0n) is 26.2. The van der Waals surface area contributed by atoms with Crippen molar-refractivity contribution in [3.63, 3.8) is 0 Å². The molecule has 3 aromatic carbocycles. The lowest BCUT2D eigenvalue weighted by Gasteiger charge is -2.31. The van der Waals surface area contributed by atoms with Crippen molar-refractivity contribution >= 4 is 51.1 Å². The Morgan fingerprint density at radius 3 is 2.14 bits per heavy atom. The van der Waals surface area contributed by atoms with E-state index in [0.29, 0.717) is 17.7 Å². The lowest BCUT2D eigenvalue weighted by Crippen LogP contribution is -2.50. The molecule has 1 saturated heterocycles. The second-order valence-corrected chi connectivity index (χ2v) is 13.5. The average molecular weight is 698 g/mol. The molecule has 0 unspecified atom stereocenters. The minimum Gasteiger partial charge on any atom is -0.480 e. The molecule has 16 heteroatoms. The number of anilines is 2. The summed E-state index contributed by atoms with van der Waals surface area (Å²) in [5.74, 6) is -6.56.